The lowest BCUT2D eigenvalue weighted by Crippen LogP contribution is -2.45. The highest BCUT2D eigenvalue weighted by atomic mass is 16.6. The van der Waals surface area contributed by atoms with Crippen LogP contribution in [0.15, 0.2) is 12.5 Å². The molecule has 1 saturated carbocycles. The molecule has 31 heavy (non-hydrogen) atoms. The number of aromatic amines is 1. The number of carbonyl (C=O) groups excluding carboxylic acids is 3. The Morgan fingerprint density at radius 3 is 2.13 bits per heavy atom. The Balaban J connectivity index is 2.12. The third kappa shape index (κ3) is 6.21. The predicted molar refractivity (Wildman–Crippen MR) is 113 cm³/mol. The fourth-order valence-electron chi connectivity index (χ4n) is 3.72. The number of esters is 1. The number of rotatable bonds is 6. The van der Waals surface area contributed by atoms with Crippen molar-refractivity contribution in [2.45, 2.75) is 77.9 Å². The van der Waals surface area contributed by atoms with Crippen molar-refractivity contribution in [2.24, 2.45) is 11.8 Å². The van der Waals surface area contributed by atoms with E-state index in [0.717, 1.165) is 4.90 Å². The van der Waals surface area contributed by atoms with Crippen LogP contribution >= 0.6 is 0 Å². The maximum Gasteiger partial charge on any atom is 0.419 e. The van der Waals surface area contributed by atoms with Gasteiger partial charge in [0.1, 0.15) is 16.6 Å². The van der Waals surface area contributed by atoms with Gasteiger partial charge in [0.05, 0.1) is 19.1 Å². The SMILES string of the molecule is COC(=O)C1(c2cnc[nH]2)CC1CC(C)CN(C(=O)OC(C)(C)C)C(=O)OC(C)(C)C. The van der Waals surface area contributed by atoms with E-state index in [1.54, 1.807) is 47.7 Å². The topological polar surface area (TPSA) is 111 Å². The van der Waals surface area contributed by atoms with Crippen molar-refractivity contribution in [2.75, 3.05) is 13.7 Å². The molecule has 0 radical (unpaired) electrons. The summed E-state index contributed by atoms with van der Waals surface area (Å²) >= 11 is 0. The zero-order valence-corrected chi connectivity index (χ0v) is 19.8. The van der Waals surface area contributed by atoms with Gasteiger partial charge in [-0.1, -0.05) is 6.92 Å². The third-order valence-corrected chi connectivity index (χ3v) is 5.04. The number of amides is 2. The molecule has 1 N–H and O–H groups in total. The van der Waals surface area contributed by atoms with Gasteiger partial charge in [0.15, 0.2) is 0 Å². The van der Waals surface area contributed by atoms with Crippen LogP contribution in [-0.4, -0.2) is 57.9 Å². The summed E-state index contributed by atoms with van der Waals surface area (Å²) in [6.45, 7) is 12.5. The van der Waals surface area contributed by atoms with Crippen molar-refractivity contribution in [3.63, 3.8) is 0 Å². The summed E-state index contributed by atoms with van der Waals surface area (Å²) in [5.41, 5.74) is -1.55. The van der Waals surface area contributed by atoms with Crippen molar-refractivity contribution in [3.8, 4) is 0 Å². The molecule has 0 aromatic carbocycles. The van der Waals surface area contributed by atoms with Gasteiger partial charge in [0, 0.05) is 12.7 Å². The lowest BCUT2D eigenvalue weighted by atomic mass is 9.94. The van der Waals surface area contributed by atoms with E-state index in [2.05, 4.69) is 9.97 Å². The normalized spacial score (nSPS) is 21.7. The van der Waals surface area contributed by atoms with E-state index in [9.17, 15) is 14.4 Å². The Labute approximate surface area is 183 Å². The number of H-pyrrole nitrogens is 1. The number of imide groups is 1. The van der Waals surface area contributed by atoms with Crippen LogP contribution in [0.2, 0.25) is 0 Å². The van der Waals surface area contributed by atoms with Gasteiger partial charge < -0.3 is 19.2 Å². The highest BCUT2D eigenvalue weighted by Crippen LogP contribution is 2.57. The summed E-state index contributed by atoms with van der Waals surface area (Å²) in [4.78, 5) is 46.0. The molecule has 0 saturated heterocycles. The first kappa shape index (κ1) is 24.7. The van der Waals surface area contributed by atoms with Gasteiger partial charge in [-0.3, -0.25) is 4.79 Å². The van der Waals surface area contributed by atoms with Gasteiger partial charge in [0.25, 0.3) is 0 Å². The number of nitrogens with zero attached hydrogens (tertiary/aromatic N) is 2. The smallest absolute Gasteiger partial charge is 0.419 e. The molecular formula is C22H35N3O6. The Bertz CT molecular complexity index is 765. The third-order valence-electron chi connectivity index (χ3n) is 5.04. The van der Waals surface area contributed by atoms with Crippen molar-refractivity contribution in [3.05, 3.63) is 18.2 Å². The molecule has 1 aromatic rings. The molecule has 9 heteroatoms. The summed E-state index contributed by atoms with van der Waals surface area (Å²) in [6, 6.07) is 0. The molecule has 1 aliphatic carbocycles. The van der Waals surface area contributed by atoms with Crippen LogP contribution in [0, 0.1) is 11.8 Å². The molecule has 9 nitrogen and oxygen atoms in total. The zero-order valence-electron chi connectivity index (χ0n) is 19.8. The molecule has 174 valence electrons. The largest absolute Gasteiger partial charge is 0.468 e. The Morgan fingerprint density at radius 2 is 1.71 bits per heavy atom. The highest BCUT2D eigenvalue weighted by molar-refractivity contribution is 5.88. The van der Waals surface area contributed by atoms with Gasteiger partial charge in [-0.25, -0.2) is 19.5 Å². The number of methoxy groups -OCH3 is 1. The fourth-order valence-corrected chi connectivity index (χ4v) is 3.72. The van der Waals surface area contributed by atoms with E-state index in [4.69, 9.17) is 14.2 Å². The number of nitrogens with one attached hydrogen (secondary N) is 1. The first-order chi connectivity index (χ1) is 14.2. The van der Waals surface area contributed by atoms with E-state index in [0.29, 0.717) is 18.5 Å². The summed E-state index contributed by atoms with van der Waals surface area (Å²) in [7, 11) is 1.37. The van der Waals surface area contributed by atoms with Crippen LogP contribution in [0.4, 0.5) is 9.59 Å². The molecule has 1 heterocycles. The molecule has 0 spiro atoms. The highest BCUT2D eigenvalue weighted by Gasteiger charge is 2.63. The van der Waals surface area contributed by atoms with E-state index in [1.165, 1.54) is 13.4 Å². The van der Waals surface area contributed by atoms with Crippen molar-refractivity contribution >= 4 is 18.2 Å². The maximum atomic E-state index is 12.7. The van der Waals surface area contributed by atoms with E-state index < -0.39 is 28.8 Å². The average molecular weight is 438 g/mol. The number of ether oxygens (including phenoxy) is 3. The predicted octanol–water partition coefficient (Wildman–Crippen LogP) is 4.04. The minimum absolute atomic E-state index is 0.00882. The molecule has 3 atom stereocenters. The zero-order chi connectivity index (χ0) is 23.6. The molecule has 0 bridgehead atoms. The maximum absolute atomic E-state index is 12.7. The van der Waals surface area contributed by atoms with Crippen molar-refractivity contribution in [1.29, 1.82) is 0 Å². The summed E-state index contributed by atoms with van der Waals surface area (Å²) in [6.07, 6.45) is 2.89. The summed E-state index contributed by atoms with van der Waals surface area (Å²) in [5, 5.41) is 0. The van der Waals surface area contributed by atoms with E-state index in [-0.39, 0.29) is 24.3 Å². The molecule has 1 aliphatic rings. The molecule has 1 aromatic heterocycles. The van der Waals surface area contributed by atoms with Crippen LogP contribution in [0.5, 0.6) is 0 Å². The number of aromatic nitrogens is 2. The van der Waals surface area contributed by atoms with Crippen molar-refractivity contribution in [1.82, 2.24) is 14.9 Å². The monoisotopic (exact) mass is 437 g/mol. The minimum atomic E-state index is -0.762. The van der Waals surface area contributed by atoms with E-state index in [1.807, 2.05) is 6.92 Å². The fraction of sp³-hybridized carbons (Fsp3) is 0.727. The number of imidazole rings is 1. The van der Waals surface area contributed by atoms with Gasteiger partial charge in [-0.15, -0.1) is 0 Å². The number of hydrogen-bond acceptors (Lipinski definition) is 7. The van der Waals surface area contributed by atoms with Gasteiger partial charge in [0.2, 0.25) is 0 Å². The number of hydrogen-bond donors (Lipinski definition) is 1. The van der Waals surface area contributed by atoms with E-state index >= 15 is 0 Å². The van der Waals surface area contributed by atoms with Crippen LogP contribution in [0.1, 0.15) is 67.0 Å². The number of carbonyl (C=O) groups is 3. The first-order valence-corrected chi connectivity index (χ1v) is 10.5. The Morgan fingerprint density at radius 1 is 1.16 bits per heavy atom. The first-order valence-electron chi connectivity index (χ1n) is 10.5. The van der Waals surface area contributed by atoms with Gasteiger partial charge >= 0.3 is 18.2 Å². The Kier molecular flexibility index (Phi) is 7.07. The lowest BCUT2D eigenvalue weighted by molar-refractivity contribution is -0.144. The van der Waals surface area contributed by atoms with Crippen LogP contribution < -0.4 is 0 Å². The molecule has 1 fully saturated rings. The van der Waals surface area contributed by atoms with Crippen molar-refractivity contribution < 1.29 is 28.6 Å². The van der Waals surface area contributed by atoms with Gasteiger partial charge in [-0.05, 0) is 66.2 Å². The lowest BCUT2D eigenvalue weighted by Gasteiger charge is -2.30. The standard InChI is InChI=1S/C22H35N3O6/c1-14(9-15-10-22(15,17(26)29-8)16-11-23-13-24-16)12-25(18(27)30-20(2,3)4)19(28)31-21(5,6)7/h11,13-15H,9-10,12H2,1-8H3,(H,23,24). The minimum Gasteiger partial charge on any atom is -0.468 e. The average Bonchev–Trinajstić information content (AvgIpc) is 3.06. The molecular weight excluding hydrogens is 402 g/mol. The second kappa shape index (κ2) is 8.88. The molecule has 3 unspecified atom stereocenters. The van der Waals surface area contributed by atoms with Gasteiger partial charge in [-0.2, -0.15) is 0 Å². The van der Waals surface area contributed by atoms with Crippen LogP contribution in [0.3, 0.4) is 0 Å². The van der Waals surface area contributed by atoms with Crippen LogP contribution in [0.25, 0.3) is 0 Å². The second-order valence-electron chi connectivity index (χ2n) is 10.2. The quantitative estimate of drug-likeness (QED) is 0.528. The summed E-state index contributed by atoms with van der Waals surface area (Å²) in [5.74, 6) is -0.404. The van der Waals surface area contributed by atoms with Crippen LogP contribution in [-0.2, 0) is 24.4 Å². The molecule has 2 rings (SSSR count). The Hall–Kier alpha value is -2.58. The second-order valence-corrected chi connectivity index (χ2v) is 10.2. The summed E-state index contributed by atoms with van der Waals surface area (Å²) < 4.78 is 15.9. The molecule has 0 aliphatic heterocycles. The molecule has 2 amide bonds.